The van der Waals surface area contributed by atoms with E-state index in [0.717, 1.165) is 154 Å². The number of hydrogen-bond donors (Lipinski definition) is 0. The molecule has 0 aliphatic rings. The predicted octanol–water partition coefficient (Wildman–Crippen LogP) is 24.1. The molecule has 0 aromatic carbocycles. The zero-order valence-electron chi connectivity index (χ0n) is 54.2. The Morgan fingerprint density at radius 2 is 0.470 bits per heavy atom. The molecular weight excluding hydrogens is 1020 g/mol. The summed E-state index contributed by atoms with van der Waals surface area (Å²) in [6.45, 7) is 6.40. The summed E-state index contributed by atoms with van der Waals surface area (Å²) in [5.74, 6) is -0.920. The molecule has 0 spiro atoms. The van der Waals surface area contributed by atoms with Gasteiger partial charge >= 0.3 is 17.9 Å². The Bertz CT molecular complexity index is 1750. The molecule has 0 heterocycles. The molecule has 472 valence electrons. The van der Waals surface area contributed by atoms with Gasteiger partial charge in [0, 0.05) is 19.3 Å². The summed E-state index contributed by atoms with van der Waals surface area (Å²) in [5.41, 5.74) is 0. The molecular formula is C77H128O6. The summed E-state index contributed by atoms with van der Waals surface area (Å²) < 4.78 is 17.0. The average Bonchev–Trinajstić information content (AvgIpc) is 3.50. The molecule has 6 heteroatoms. The second-order valence-electron chi connectivity index (χ2n) is 22.7. The van der Waals surface area contributed by atoms with Crippen LogP contribution in [0.15, 0.2) is 134 Å². The van der Waals surface area contributed by atoms with Gasteiger partial charge in [0.1, 0.15) is 13.2 Å². The minimum Gasteiger partial charge on any atom is -0.462 e. The number of hydrogen-bond acceptors (Lipinski definition) is 6. The first-order valence-corrected chi connectivity index (χ1v) is 34.7. The van der Waals surface area contributed by atoms with Crippen molar-refractivity contribution in [1.82, 2.24) is 0 Å². The van der Waals surface area contributed by atoms with E-state index >= 15 is 0 Å². The van der Waals surface area contributed by atoms with E-state index in [0.29, 0.717) is 19.3 Å². The molecule has 0 aromatic rings. The summed E-state index contributed by atoms with van der Waals surface area (Å²) in [7, 11) is 0. The van der Waals surface area contributed by atoms with Crippen molar-refractivity contribution in [1.29, 1.82) is 0 Å². The van der Waals surface area contributed by atoms with Gasteiger partial charge in [0.2, 0.25) is 0 Å². The quantitative estimate of drug-likeness (QED) is 0.0261. The zero-order valence-corrected chi connectivity index (χ0v) is 54.2. The Morgan fingerprint density at radius 1 is 0.253 bits per heavy atom. The summed E-state index contributed by atoms with van der Waals surface area (Å²) in [4.78, 5) is 38.5. The molecule has 0 bridgehead atoms. The summed E-state index contributed by atoms with van der Waals surface area (Å²) in [5, 5.41) is 0. The van der Waals surface area contributed by atoms with Crippen LogP contribution in [-0.4, -0.2) is 37.2 Å². The van der Waals surface area contributed by atoms with Crippen molar-refractivity contribution in [2.75, 3.05) is 13.2 Å². The topological polar surface area (TPSA) is 78.9 Å². The minimum atomic E-state index is -0.802. The Hall–Kier alpha value is -4.45. The van der Waals surface area contributed by atoms with Crippen molar-refractivity contribution in [2.24, 2.45) is 0 Å². The SMILES string of the molecule is CC/C=C\C/C=C\C/C=C\C/C=C\C/C=C\CCCCCCCC(=O)OC(COC(=O)CCCCCCCC/C=C\C/C=C\C/C=C\C/C=C\CC)COC(=O)CCCCCCCCCCCCCCC/C=C\C/C=C\CCCCCCC. The number of esters is 3. The maximum Gasteiger partial charge on any atom is 0.306 e. The Labute approximate surface area is 513 Å². The van der Waals surface area contributed by atoms with E-state index in [2.05, 4.69) is 154 Å². The van der Waals surface area contributed by atoms with Gasteiger partial charge in [0.15, 0.2) is 6.10 Å². The molecule has 0 radical (unpaired) electrons. The van der Waals surface area contributed by atoms with E-state index in [1.165, 1.54) is 122 Å². The molecule has 0 aromatic heterocycles. The van der Waals surface area contributed by atoms with Crippen LogP contribution >= 0.6 is 0 Å². The molecule has 0 saturated carbocycles. The van der Waals surface area contributed by atoms with Crippen LogP contribution in [0.3, 0.4) is 0 Å². The van der Waals surface area contributed by atoms with Crippen LogP contribution in [0, 0.1) is 0 Å². The van der Waals surface area contributed by atoms with Crippen molar-refractivity contribution in [3.8, 4) is 0 Å². The van der Waals surface area contributed by atoms with Gasteiger partial charge in [-0.1, -0.05) is 296 Å². The number of ether oxygens (including phenoxy) is 3. The molecule has 0 fully saturated rings. The van der Waals surface area contributed by atoms with Crippen molar-refractivity contribution in [2.45, 2.75) is 322 Å². The van der Waals surface area contributed by atoms with E-state index in [1.807, 2.05) is 0 Å². The Kier molecular flexibility index (Phi) is 66.3. The van der Waals surface area contributed by atoms with Crippen molar-refractivity contribution >= 4 is 17.9 Å². The normalized spacial score (nSPS) is 13.0. The van der Waals surface area contributed by atoms with Crippen molar-refractivity contribution in [3.63, 3.8) is 0 Å². The molecule has 6 nitrogen and oxygen atoms in total. The largest absolute Gasteiger partial charge is 0.462 e. The first kappa shape index (κ1) is 78.5. The zero-order chi connectivity index (χ0) is 59.9. The van der Waals surface area contributed by atoms with Crippen LogP contribution in [0.5, 0.6) is 0 Å². The third-order valence-electron chi connectivity index (χ3n) is 14.6. The van der Waals surface area contributed by atoms with Crippen molar-refractivity contribution < 1.29 is 28.6 Å². The van der Waals surface area contributed by atoms with Gasteiger partial charge in [0.05, 0.1) is 0 Å². The van der Waals surface area contributed by atoms with E-state index in [-0.39, 0.29) is 31.1 Å². The number of rotatable bonds is 62. The fourth-order valence-corrected chi connectivity index (χ4v) is 9.49. The van der Waals surface area contributed by atoms with E-state index in [1.54, 1.807) is 0 Å². The van der Waals surface area contributed by atoms with E-state index in [9.17, 15) is 14.4 Å². The van der Waals surface area contributed by atoms with Gasteiger partial charge in [-0.2, -0.15) is 0 Å². The molecule has 0 rings (SSSR count). The summed E-state index contributed by atoms with van der Waals surface area (Å²) in [6, 6.07) is 0. The van der Waals surface area contributed by atoms with Gasteiger partial charge in [-0.05, 0) is 135 Å². The summed E-state index contributed by atoms with van der Waals surface area (Å²) in [6.07, 6.45) is 98.9. The second-order valence-corrected chi connectivity index (χ2v) is 22.7. The van der Waals surface area contributed by atoms with Gasteiger partial charge in [-0.15, -0.1) is 0 Å². The molecule has 83 heavy (non-hydrogen) atoms. The highest BCUT2D eigenvalue weighted by molar-refractivity contribution is 5.71. The highest BCUT2D eigenvalue weighted by Crippen LogP contribution is 2.16. The third kappa shape index (κ3) is 68.2. The van der Waals surface area contributed by atoms with Crippen LogP contribution in [0.2, 0.25) is 0 Å². The Morgan fingerprint density at radius 3 is 0.735 bits per heavy atom. The lowest BCUT2D eigenvalue weighted by Gasteiger charge is -2.18. The van der Waals surface area contributed by atoms with Gasteiger partial charge < -0.3 is 14.2 Å². The second kappa shape index (κ2) is 70.0. The van der Waals surface area contributed by atoms with Crippen LogP contribution in [0.1, 0.15) is 316 Å². The van der Waals surface area contributed by atoms with Gasteiger partial charge in [-0.3, -0.25) is 14.4 Å². The minimum absolute atomic E-state index is 0.0939. The summed E-state index contributed by atoms with van der Waals surface area (Å²) >= 11 is 0. The average molecular weight is 1150 g/mol. The first-order valence-electron chi connectivity index (χ1n) is 34.7. The predicted molar refractivity (Wildman–Crippen MR) is 362 cm³/mol. The first-order chi connectivity index (χ1) is 41.0. The van der Waals surface area contributed by atoms with E-state index < -0.39 is 6.10 Å². The number of carbonyl (C=O) groups excluding carboxylic acids is 3. The molecule has 0 saturated heterocycles. The molecule has 0 amide bonds. The number of unbranched alkanes of at least 4 members (excludes halogenated alkanes) is 29. The molecule has 0 N–H and O–H groups in total. The molecule has 0 aliphatic carbocycles. The van der Waals surface area contributed by atoms with Crippen LogP contribution in [0.25, 0.3) is 0 Å². The highest BCUT2D eigenvalue weighted by Gasteiger charge is 2.19. The number of allylic oxidation sites excluding steroid dienone is 22. The highest BCUT2D eigenvalue weighted by atomic mass is 16.6. The third-order valence-corrected chi connectivity index (χ3v) is 14.6. The fraction of sp³-hybridized carbons (Fsp3) is 0.675. The number of carbonyl (C=O) groups is 3. The lowest BCUT2D eigenvalue weighted by Crippen LogP contribution is -2.30. The van der Waals surface area contributed by atoms with Crippen LogP contribution in [0.4, 0.5) is 0 Å². The van der Waals surface area contributed by atoms with Crippen molar-refractivity contribution in [3.05, 3.63) is 134 Å². The van der Waals surface area contributed by atoms with Crippen LogP contribution < -0.4 is 0 Å². The molecule has 1 unspecified atom stereocenters. The Balaban J connectivity index is 4.43. The smallest absolute Gasteiger partial charge is 0.306 e. The van der Waals surface area contributed by atoms with Gasteiger partial charge in [-0.25, -0.2) is 0 Å². The maximum atomic E-state index is 13.0. The fourth-order valence-electron chi connectivity index (χ4n) is 9.49. The lowest BCUT2D eigenvalue weighted by atomic mass is 10.0. The van der Waals surface area contributed by atoms with E-state index in [4.69, 9.17) is 14.2 Å². The lowest BCUT2D eigenvalue weighted by molar-refractivity contribution is -0.167. The monoisotopic (exact) mass is 1150 g/mol. The van der Waals surface area contributed by atoms with Gasteiger partial charge in [0.25, 0.3) is 0 Å². The molecule has 0 aliphatic heterocycles. The van der Waals surface area contributed by atoms with Crippen LogP contribution in [-0.2, 0) is 28.6 Å². The standard InChI is InChI=1S/C77H128O6/c1-4-7-10-13-16-19-22-25-28-31-34-36-37-38-39-41-43-46-49-52-55-58-61-64-67-70-76(79)82-73-74(72-81-75(78)69-66-63-60-57-54-51-48-45-42-33-30-27-24-21-18-15-12-9-6-3)83-77(80)71-68-65-62-59-56-53-50-47-44-40-35-32-29-26-23-20-17-14-11-8-5-2/h8-9,11-12,17-18,20-22,25-27,29-31,34-35,40,42,45,47,50,74H,4-7,10,13-16,19,23-24,28,32-33,36-39,41,43-44,46,48-49,51-73H2,1-3H3/b11-8-,12-9-,20-17-,21-18-,25-22-,29-26-,30-27-,34-31-,40-35-,45-42-,50-47-. The maximum absolute atomic E-state index is 13.0. The molecule has 1 atom stereocenters.